The molecule has 288 valence electrons. The van der Waals surface area contributed by atoms with Gasteiger partial charge in [-0.25, -0.2) is 0 Å². The van der Waals surface area contributed by atoms with E-state index in [2.05, 4.69) is 237 Å². The van der Waals surface area contributed by atoms with E-state index in [9.17, 15) is 0 Å². The van der Waals surface area contributed by atoms with Crippen LogP contribution in [0, 0.1) is 0 Å². The average molecular weight is 789 g/mol. The molecule has 0 saturated carbocycles. The van der Waals surface area contributed by atoms with Crippen LogP contribution in [0.2, 0.25) is 0 Å². The Balaban J connectivity index is 1.07. The van der Waals surface area contributed by atoms with Gasteiger partial charge in [0.15, 0.2) is 0 Å². The van der Waals surface area contributed by atoms with E-state index >= 15 is 0 Å². The van der Waals surface area contributed by atoms with Gasteiger partial charge < -0.3 is 18.3 Å². The number of hydrogen-bond donors (Lipinski definition) is 0. The molecule has 0 aliphatic carbocycles. The summed E-state index contributed by atoms with van der Waals surface area (Å²) in [5.41, 5.74) is 14.1. The van der Waals surface area contributed by atoms with Crippen LogP contribution in [0.3, 0.4) is 0 Å². The van der Waals surface area contributed by atoms with Crippen molar-refractivity contribution in [1.82, 2.24) is 18.3 Å². The van der Waals surface area contributed by atoms with Gasteiger partial charge in [0.1, 0.15) is 0 Å². The van der Waals surface area contributed by atoms with Gasteiger partial charge in [-0.3, -0.25) is 0 Å². The zero-order valence-electron chi connectivity index (χ0n) is 33.6. The predicted molar refractivity (Wildman–Crippen MR) is 261 cm³/mol. The second kappa shape index (κ2) is 12.6. The first-order chi connectivity index (χ1) is 30.8. The molecular weight excluding hydrogens is 753 g/mol. The Morgan fingerprint density at radius 1 is 0.210 bits per heavy atom. The fraction of sp³-hybridized carbons (Fsp3) is 0. The first-order valence-corrected chi connectivity index (χ1v) is 21.4. The summed E-state index contributed by atoms with van der Waals surface area (Å²) < 4.78 is 9.89. The molecule has 14 aromatic rings. The van der Waals surface area contributed by atoms with E-state index in [0.717, 1.165) is 22.7 Å². The minimum Gasteiger partial charge on any atom is -0.309 e. The van der Waals surface area contributed by atoms with Crippen molar-refractivity contribution in [2.24, 2.45) is 0 Å². The van der Waals surface area contributed by atoms with E-state index in [0.29, 0.717) is 0 Å². The van der Waals surface area contributed by atoms with Crippen LogP contribution in [-0.2, 0) is 0 Å². The Morgan fingerprint density at radius 2 is 0.613 bits per heavy atom. The van der Waals surface area contributed by atoms with Gasteiger partial charge in [-0.05, 0) is 78.2 Å². The highest BCUT2D eigenvalue weighted by molar-refractivity contribution is 6.16. The Labute approximate surface area is 355 Å². The highest BCUT2D eigenvalue weighted by Gasteiger charge is 2.22. The summed E-state index contributed by atoms with van der Waals surface area (Å²) in [7, 11) is 0. The third-order valence-corrected chi connectivity index (χ3v) is 13.3. The van der Waals surface area contributed by atoms with Crippen molar-refractivity contribution in [3.05, 3.63) is 218 Å². The molecule has 0 radical (unpaired) electrons. The predicted octanol–water partition coefficient (Wildman–Crippen LogP) is 15.2. The molecule has 0 fully saturated rings. The van der Waals surface area contributed by atoms with Crippen molar-refractivity contribution in [3.8, 4) is 22.7 Å². The maximum Gasteiger partial charge on any atom is 0.0782 e. The largest absolute Gasteiger partial charge is 0.309 e. The van der Waals surface area contributed by atoms with E-state index < -0.39 is 0 Å². The minimum absolute atomic E-state index is 1.12. The van der Waals surface area contributed by atoms with Crippen molar-refractivity contribution in [2.45, 2.75) is 0 Å². The molecule has 0 aliphatic rings. The average Bonchev–Trinajstić information content (AvgIpc) is 4.06. The van der Waals surface area contributed by atoms with Crippen LogP contribution in [0.4, 0.5) is 0 Å². The molecule has 14 rings (SSSR count). The third kappa shape index (κ3) is 4.50. The summed E-state index contributed by atoms with van der Waals surface area (Å²) >= 11 is 0. The molecule has 0 N–H and O–H groups in total. The Bertz CT molecular complexity index is 4060. The van der Waals surface area contributed by atoms with Gasteiger partial charge in [-0.2, -0.15) is 0 Å². The van der Waals surface area contributed by atoms with Crippen LogP contribution >= 0.6 is 0 Å². The standard InChI is InChI=1S/C58H36N4/c1-2-17-40-37(16-1)34-39(60-51-27-11-7-22-45(51)47-24-15-31-56(58(47)60)61-52-28-12-5-20-43(52)44-21-6-13-29-53(44)61)36-57(40)62-54-30-14-8-23-46(54)48-35-38(32-33-55(48)62)59-49-25-9-3-18-41(49)42-19-4-10-26-50(42)59/h1-36H. The van der Waals surface area contributed by atoms with Gasteiger partial charge in [0.05, 0.1) is 55.5 Å². The lowest BCUT2D eigenvalue weighted by molar-refractivity contribution is 1.12. The third-order valence-electron chi connectivity index (χ3n) is 13.3. The Morgan fingerprint density at radius 3 is 1.18 bits per heavy atom. The molecule has 4 aromatic heterocycles. The first kappa shape index (κ1) is 33.5. The second-order valence-electron chi connectivity index (χ2n) is 16.5. The molecule has 4 heterocycles. The smallest absolute Gasteiger partial charge is 0.0782 e. The molecular formula is C58H36N4. The molecule has 4 heteroatoms. The summed E-state index contributed by atoms with van der Waals surface area (Å²) in [6, 6.07) is 80.4. The molecule has 0 aliphatic heterocycles. The minimum atomic E-state index is 1.12. The number of nitrogens with zero attached hydrogens (tertiary/aromatic N) is 4. The van der Waals surface area contributed by atoms with E-state index in [1.165, 1.54) is 98.0 Å². The lowest BCUT2D eigenvalue weighted by Gasteiger charge is -2.18. The second-order valence-corrected chi connectivity index (χ2v) is 16.5. The van der Waals surface area contributed by atoms with Crippen molar-refractivity contribution in [2.75, 3.05) is 0 Å². The SMILES string of the molecule is c1ccc2c(-n3c4ccccc4c4cc(-n5c6ccccc6c6ccccc65)ccc43)cc(-n3c4ccccc4c4cccc(-n5c6ccccc6c6ccccc65)c43)cc2c1. The fourth-order valence-electron chi connectivity index (χ4n) is 10.8. The van der Waals surface area contributed by atoms with Crippen LogP contribution in [0.15, 0.2) is 218 Å². The molecule has 0 amide bonds. The van der Waals surface area contributed by atoms with Gasteiger partial charge in [0, 0.05) is 59.9 Å². The molecule has 0 atom stereocenters. The van der Waals surface area contributed by atoms with Gasteiger partial charge in [-0.15, -0.1) is 0 Å². The Kier molecular flexibility index (Phi) is 6.80. The molecule has 0 bridgehead atoms. The summed E-state index contributed by atoms with van der Waals surface area (Å²) in [4.78, 5) is 0. The summed E-state index contributed by atoms with van der Waals surface area (Å²) in [5.74, 6) is 0. The van der Waals surface area contributed by atoms with Crippen LogP contribution in [-0.4, -0.2) is 18.3 Å². The van der Waals surface area contributed by atoms with E-state index in [4.69, 9.17) is 0 Å². The molecule has 0 spiro atoms. The highest BCUT2D eigenvalue weighted by atomic mass is 15.1. The quantitative estimate of drug-likeness (QED) is 0.169. The van der Waals surface area contributed by atoms with Gasteiger partial charge in [0.2, 0.25) is 0 Å². The van der Waals surface area contributed by atoms with Crippen LogP contribution in [0.5, 0.6) is 0 Å². The number of aromatic nitrogens is 4. The maximum atomic E-state index is 2.51. The van der Waals surface area contributed by atoms with Gasteiger partial charge >= 0.3 is 0 Å². The highest BCUT2D eigenvalue weighted by Crippen LogP contribution is 2.43. The van der Waals surface area contributed by atoms with Gasteiger partial charge in [0.25, 0.3) is 0 Å². The zero-order valence-corrected chi connectivity index (χ0v) is 33.6. The lowest BCUT2D eigenvalue weighted by atomic mass is 10.1. The van der Waals surface area contributed by atoms with E-state index in [1.54, 1.807) is 0 Å². The molecule has 0 saturated heterocycles. The number of hydrogen-bond acceptors (Lipinski definition) is 0. The maximum absolute atomic E-state index is 2.51. The number of rotatable bonds is 4. The molecule has 0 unspecified atom stereocenters. The molecule has 4 nitrogen and oxygen atoms in total. The van der Waals surface area contributed by atoms with Crippen molar-refractivity contribution >= 4 is 98.0 Å². The monoisotopic (exact) mass is 788 g/mol. The molecule has 62 heavy (non-hydrogen) atoms. The Hall–Kier alpha value is -8.34. The molecule has 10 aromatic carbocycles. The van der Waals surface area contributed by atoms with E-state index in [-0.39, 0.29) is 0 Å². The topological polar surface area (TPSA) is 19.7 Å². The normalized spacial score (nSPS) is 12.2. The van der Waals surface area contributed by atoms with Crippen molar-refractivity contribution in [1.29, 1.82) is 0 Å². The van der Waals surface area contributed by atoms with E-state index in [1.807, 2.05) is 0 Å². The summed E-state index contributed by atoms with van der Waals surface area (Å²) in [5, 5.41) is 12.3. The van der Waals surface area contributed by atoms with Gasteiger partial charge in [-0.1, -0.05) is 146 Å². The zero-order chi connectivity index (χ0) is 40.5. The fourth-order valence-corrected chi connectivity index (χ4v) is 10.8. The van der Waals surface area contributed by atoms with Crippen molar-refractivity contribution in [3.63, 3.8) is 0 Å². The number of para-hydroxylation sites is 7. The van der Waals surface area contributed by atoms with Crippen LogP contribution in [0.25, 0.3) is 121 Å². The summed E-state index contributed by atoms with van der Waals surface area (Å²) in [6.45, 7) is 0. The number of fused-ring (bicyclic) bond motifs is 13. The summed E-state index contributed by atoms with van der Waals surface area (Å²) in [6.07, 6.45) is 0. The first-order valence-electron chi connectivity index (χ1n) is 21.4. The van der Waals surface area contributed by atoms with Crippen LogP contribution < -0.4 is 0 Å². The van der Waals surface area contributed by atoms with Crippen molar-refractivity contribution < 1.29 is 0 Å². The lowest BCUT2D eigenvalue weighted by Crippen LogP contribution is -2.03. The van der Waals surface area contributed by atoms with Crippen LogP contribution in [0.1, 0.15) is 0 Å². The number of benzene rings is 10.